The van der Waals surface area contributed by atoms with Crippen molar-refractivity contribution in [1.82, 2.24) is 10.1 Å². The van der Waals surface area contributed by atoms with Gasteiger partial charge in [0, 0.05) is 5.92 Å². The van der Waals surface area contributed by atoms with Crippen molar-refractivity contribution in [1.29, 1.82) is 0 Å². The van der Waals surface area contributed by atoms with E-state index in [9.17, 15) is 5.11 Å². The third-order valence-electron chi connectivity index (χ3n) is 3.32. The van der Waals surface area contributed by atoms with E-state index in [4.69, 9.17) is 4.52 Å². The molecule has 3 atom stereocenters. The minimum Gasteiger partial charge on any atom is -0.385 e. The van der Waals surface area contributed by atoms with Crippen molar-refractivity contribution in [3.8, 4) is 0 Å². The first-order valence-corrected chi connectivity index (χ1v) is 5.74. The molecule has 84 valence electrons. The van der Waals surface area contributed by atoms with Crippen molar-refractivity contribution in [3.05, 3.63) is 11.7 Å². The lowest BCUT2D eigenvalue weighted by Crippen LogP contribution is -2.03. The Hall–Kier alpha value is -0.900. The van der Waals surface area contributed by atoms with Crippen molar-refractivity contribution < 1.29 is 9.63 Å². The SMILES string of the molecule is CCC(O)c1noc(C2CCCC2C)n1. The maximum absolute atomic E-state index is 9.57. The van der Waals surface area contributed by atoms with Crippen LogP contribution in [0.15, 0.2) is 4.52 Å². The molecule has 1 heterocycles. The summed E-state index contributed by atoms with van der Waals surface area (Å²) in [7, 11) is 0. The fourth-order valence-electron chi connectivity index (χ4n) is 2.23. The highest BCUT2D eigenvalue weighted by Gasteiger charge is 2.30. The van der Waals surface area contributed by atoms with E-state index in [0.29, 0.717) is 30.0 Å². The van der Waals surface area contributed by atoms with Crippen LogP contribution in [0.5, 0.6) is 0 Å². The zero-order valence-corrected chi connectivity index (χ0v) is 9.31. The Morgan fingerprint density at radius 1 is 1.53 bits per heavy atom. The van der Waals surface area contributed by atoms with Crippen LogP contribution in [0, 0.1) is 5.92 Å². The Labute approximate surface area is 89.7 Å². The van der Waals surface area contributed by atoms with Gasteiger partial charge in [-0.15, -0.1) is 0 Å². The quantitative estimate of drug-likeness (QED) is 0.832. The van der Waals surface area contributed by atoms with E-state index in [0.717, 1.165) is 6.42 Å². The molecule has 1 fully saturated rings. The normalized spacial score (nSPS) is 28.2. The second kappa shape index (κ2) is 4.31. The number of nitrogens with zero attached hydrogens (tertiary/aromatic N) is 2. The van der Waals surface area contributed by atoms with Gasteiger partial charge in [0.1, 0.15) is 6.10 Å². The van der Waals surface area contributed by atoms with Crippen molar-refractivity contribution in [3.63, 3.8) is 0 Å². The summed E-state index contributed by atoms with van der Waals surface area (Å²) in [6, 6.07) is 0. The third kappa shape index (κ3) is 2.04. The summed E-state index contributed by atoms with van der Waals surface area (Å²) in [6.45, 7) is 4.12. The minimum atomic E-state index is -0.584. The van der Waals surface area contributed by atoms with E-state index in [1.807, 2.05) is 6.92 Å². The van der Waals surface area contributed by atoms with E-state index < -0.39 is 6.10 Å². The van der Waals surface area contributed by atoms with Crippen LogP contribution in [0.2, 0.25) is 0 Å². The first-order chi connectivity index (χ1) is 7.22. The minimum absolute atomic E-state index is 0.398. The van der Waals surface area contributed by atoms with Crippen LogP contribution in [-0.4, -0.2) is 15.2 Å². The molecule has 0 saturated heterocycles. The lowest BCUT2D eigenvalue weighted by atomic mass is 9.98. The smallest absolute Gasteiger partial charge is 0.230 e. The molecule has 1 aliphatic carbocycles. The van der Waals surface area contributed by atoms with Crippen molar-refractivity contribution in [2.24, 2.45) is 5.92 Å². The van der Waals surface area contributed by atoms with Crippen molar-refractivity contribution in [2.45, 2.75) is 51.6 Å². The molecule has 3 unspecified atom stereocenters. The molecular weight excluding hydrogens is 192 g/mol. The highest BCUT2D eigenvalue weighted by molar-refractivity contribution is 5.00. The Kier molecular flexibility index (Phi) is 3.05. The molecule has 0 aromatic carbocycles. The molecule has 1 aromatic heterocycles. The highest BCUT2D eigenvalue weighted by atomic mass is 16.5. The largest absolute Gasteiger partial charge is 0.385 e. The molecule has 2 rings (SSSR count). The molecule has 1 aromatic rings. The predicted molar refractivity (Wildman–Crippen MR) is 55.3 cm³/mol. The molecule has 1 aliphatic rings. The van der Waals surface area contributed by atoms with E-state index in [1.165, 1.54) is 12.8 Å². The zero-order valence-electron chi connectivity index (χ0n) is 9.31. The topological polar surface area (TPSA) is 59.2 Å². The Morgan fingerprint density at radius 2 is 2.33 bits per heavy atom. The molecule has 4 nitrogen and oxygen atoms in total. The van der Waals surface area contributed by atoms with Crippen molar-refractivity contribution >= 4 is 0 Å². The van der Waals surface area contributed by atoms with Gasteiger partial charge >= 0.3 is 0 Å². The summed E-state index contributed by atoms with van der Waals surface area (Å²) in [5.74, 6) is 2.17. The van der Waals surface area contributed by atoms with Crippen LogP contribution in [0.4, 0.5) is 0 Å². The Balaban J connectivity index is 2.12. The lowest BCUT2D eigenvalue weighted by molar-refractivity contribution is 0.159. The predicted octanol–water partition coefficient (Wildman–Crippen LogP) is 2.42. The van der Waals surface area contributed by atoms with Crippen LogP contribution >= 0.6 is 0 Å². The van der Waals surface area contributed by atoms with Crippen LogP contribution in [0.25, 0.3) is 0 Å². The fraction of sp³-hybridized carbons (Fsp3) is 0.818. The molecular formula is C11H18N2O2. The first kappa shape index (κ1) is 10.6. The van der Waals surface area contributed by atoms with Gasteiger partial charge in [0.25, 0.3) is 0 Å². The Bertz CT molecular complexity index is 324. The number of aliphatic hydroxyl groups is 1. The maximum Gasteiger partial charge on any atom is 0.230 e. The number of aliphatic hydroxyl groups excluding tert-OH is 1. The molecule has 15 heavy (non-hydrogen) atoms. The van der Waals surface area contributed by atoms with Gasteiger partial charge in [-0.1, -0.05) is 25.4 Å². The van der Waals surface area contributed by atoms with Gasteiger partial charge in [-0.3, -0.25) is 0 Å². The van der Waals surface area contributed by atoms with Crippen LogP contribution in [0.1, 0.15) is 63.3 Å². The van der Waals surface area contributed by atoms with Gasteiger partial charge in [-0.25, -0.2) is 0 Å². The molecule has 1 saturated carbocycles. The van der Waals surface area contributed by atoms with Crippen LogP contribution < -0.4 is 0 Å². The zero-order chi connectivity index (χ0) is 10.8. The molecule has 1 N–H and O–H groups in total. The van der Waals surface area contributed by atoms with E-state index >= 15 is 0 Å². The number of aromatic nitrogens is 2. The molecule has 0 aliphatic heterocycles. The maximum atomic E-state index is 9.57. The van der Waals surface area contributed by atoms with E-state index in [2.05, 4.69) is 17.1 Å². The second-order valence-corrected chi connectivity index (χ2v) is 4.43. The Morgan fingerprint density at radius 3 is 2.93 bits per heavy atom. The van der Waals surface area contributed by atoms with Crippen LogP contribution in [0.3, 0.4) is 0 Å². The van der Waals surface area contributed by atoms with Gasteiger partial charge in [-0.2, -0.15) is 4.98 Å². The standard InChI is InChI=1S/C11H18N2O2/c1-3-9(14)10-12-11(15-13-10)8-6-4-5-7(8)2/h7-9,14H,3-6H2,1-2H3. The molecule has 4 heteroatoms. The monoisotopic (exact) mass is 210 g/mol. The summed E-state index contributed by atoms with van der Waals surface area (Å²) in [6.07, 6.45) is 3.64. The third-order valence-corrected chi connectivity index (χ3v) is 3.32. The lowest BCUT2D eigenvalue weighted by Gasteiger charge is -2.08. The van der Waals surface area contributed by atoms with Crippen LogP contribution in [-0.2, 0) is 0 Å². The van der Waals surface area contributed by atoms with E-state index in [-0.39, 0.29) is 0 Å². The summed E-state index contributed by atoms with van der Waals surface area (Å²) in [5.41, 5.74) is 0. The summed E-state index contributed by atoms with van der Waals surface area (Å²) in [4.78, 5) is 4.29. The first-order valence-electron chi connectivity index (χ1n) is 5.74. The fourth-order valence-corrected chi connectivity index (χ4v) is 2.23. The summed E-state index contributed by atoms with van der Waals surface area (Å²) < 4.78 is 5.22. The van der Waals surface area contributed by atoms with Gasteiger partial charge in [0.05, 0.1) is 0 Å². The molecule has 0 amide bonds. The number of hydrogen-bond donors (Lipinski definition) is 1. The second-order valence-electron chi connectivity index (χ2n) is 4.43. The van der Waals surface area contributed by atoms with Gasteiger partial charge in [0.15, 0.2) is 5.82 Å². The summed E-state index contributed by atoms with van der Waals surface area (Å²) in [5, 5.41) is 13.4. The number of rotatable bonds is 3. The molecule has 0 radical (unpaired) electrons. The van der Waals surface area contributed by atoms with Gasteiger partial charge in [-0.05, 0) is 25.2 Å². The highest BCUT2D eigenvalue weighted by Crippen LogP contribution is 2.38. The van der Waals surface area contributed by atoms with E-state index in [1.54, 1.807) is 0 Å². The average Bonchev–Trinajstić information content (AvgIpc) is 2.84. The van der Waals surface area contributed by atoms with Gasteiger partial charge < -0.3 is 9.63 Å². The molecule has 0 bridgehead atoms. The number of hydrogen-bond acceptors (Lipinski definition) is 4. The van der Waals surface area contributed by atoms with Crippen molar-refractivity contribution in [2.75, 3.05) is 0 Å². The van der Waals surface area contributed by atoms with Gasteiger partial charge in [0.2, 0.25) is 5.89 Å². The summed E-state index contributed by atoms with van der Waals surface area (Å²) >= 11 is 0. The molecule has 0 spiro atoms. The average molecular weight is 210 g/mol.